The molecule has 1 fully saturated rings. The quantitative estimate of drug-likeness (QED) is 0.773. The standard InChI is InChI=1S/C17H25NO2/c1-4-20-16-7-5-15(6-8-16)17(19)12-18-10-13(2)9-14(3)11-18/h5-8,13-14H,4,9-12H2,1-3H3. The van der Waals surface area contributed by atoms with Crippen molar-refractivity contribution in [3.05, 3.63) is 29.8 Å². The molecule has 0 N–H and O–H groups in total. The summed E-state index contributed by atoms with van der Waals surface area (Å²) in [7, 11) is 0. The third-order valence-corrected chi connectivity index (χ3v) is 3.80. The lowest BCUT2D eigenvalue weighted by atomic mass is 9.91. The number of carbonyl (C=O) groups excluding carboxylic acids is 1. The SMILES string of the molecule is CCOc1ccc(C(=O)CN2CC(C)CC(C)C2)cc1. The van der Waals surface area contributed by atoms with Crippen molar-refractivity contribution in [1.82, 2.24) is 4.90 Å². The van der Waals surface area contributed by atoms with E-state index in [0.717, 1.165) is 24.4 Å². The summed E-state index contributed by atoms with van der Waals surface area (Å²) in [6.45, 7) is 9.74. The van der Waals surface area contributed by atoms with E-state index in [4.69, 9.17) is 4.74 Å². The second kappa shape index (κ2) is 6.89. The maximum atomic E-state index is 12.3. The Balaban J connectivity index is 1.93. The molecule has 2 rings (SSSR count). The highest BCUT2D eigenvalue weighted by Crippen LogP contribution is 2.21. The van der Waals surface area contributed by atoms with Gasteiger partial charge in [0.25, 0.3) is 0 Å². The molecule has 0 spiro atoms. The van der Waals surface area contributed by atoms with Crippen LogP contribution in [0.3, 0.4) is 0 Å². The van der Waals surface area contributed by atoms with E-state index in [1.807, 2.05) is 31.2 Å². The topological polar surface area (TPSA) is 29.5 Å². The average Bonchev–Trinajstić information content (AvgIpc) is 2.38. The summed E-state index contributed by atoms with van der Waals surface area (Å²) in [5, 5.41) is 0. The zero-order valence-electron chi connectivity index (χ0n) is 12.8. The highest BCUT2D eigenvalue weighted by Gasteiger charge is 2.23. The Labute approximate surface area is 121 Å². The third-order valence-electron chi connectivity index (χ3n) is 3.80. The lowest BCUT2D eigenvalue weighted by Crippen LogP contribution is -2.41. The van der Waals surface area contributed by atoms with Crippen molar-refractivity contribution in [3.63, 3.8) is 0 Å². The maximum absolute atomic E-state index is 12.3. The number of Topliss-reactive ketones (excluding diaryl/α,β-unsaturated/α-hetero) is 1. The van der Waals surface area contributed by atoms with E-state index >= 15 is 0 Å². The molecule has 0 amide bonds. The molecule has 2 unspecified atom stereocenters. The molecule has 0 saturated carbocycles. The predicted molar refractivity (Wildman–Crippen MR) is 81.3 cm³/mol. The average molecular weight is 275 g/mol. The van der Waals surface area contributed by atoms with Gasteiger partial charge in [-0.1, -0.05) is 13.8 Å². The van der Waals surface area contributed by atoms with Gasteiger partial charge in [0.15, 0.2) is 5.78 Å². The zero-order valence-corrected chi connectivity index (χ0v) is 12.8. The summed E-state index contributed by atoms with van der Waals surface area (Å²) < 4.78 is 5.40. The smallest absolute Gasteiger partial charge is 0.176 e. The van der Waals surface area contributed by atoms with E-state index in [2.05, 4.69) is 18.7 Å². The number of likely N-dealkylation sites (tertiary alicyclic amines) is 1. The summed E-state index contributed by atoms with van der Waals surface area (Å²) in [6, 6.07) is 7.48. The Morgan fingerprint density at radius 1 is 1.20 bits per heavy atom. The van der Waals surface area contributed by atoms with Gasteiger partial charge in [0.05, 0.1) is 13.2 Å². The molecule has 0 radical (unpaired) electrons. The number of ketones is 1. The fourth-order valence-electron chi connectivity index (χ4n) is 3.12. The summed E-state index contributed by atoms with van der Waals surface area (Å²) >= 11 is 0. The number of benzene rings is 1. The van der Waals surface area contributed by atoms with Crippen molar-refractivity contribution in [1.29, 1.82) is 0 Å². The second-order valence-corrected chi connectivity index (χ2v) is 6.02. The molecule has 2 atom stereocenters. The molecular formula is C17H25NO2. The van der Waals surface area contributed by atoms with Crippen LogP contribution in [-0.2, 0) is 0 Å². The fraction of sp³-hybridized carbons (Fsp3) is 0.588. The number of piperidine rings is 1. The van der Waals surface area contributed by atoms with Crippen LogP contribution in [0.25, 0.3) is 0 Å². The van der Waals surface area contributed by atoms with E-state index in [9.17, 15) is 4.79 Å². The van der Waals surface area contributed by atoms with Crippen LogP contribution in [0, 0.1) is 11.8 Å². The lowest BCUT2D eigenvalue weighted by Gasteiger charge is -2.34. The third kappa shape index (κ3) is 4.07. The normalized spacial score (nSPS) is 23.6. The van der Waals surface area contributed by atoms with E-state index in [1.54, 1.807) is 0 Å². The first-order valence-electron chi connectivity index (χ1n) is 7.57. The van der Waals surface area contributed by atoms with Crippen LogP contribution in [-0.4, -0.2) is 36.9 Å². The minimum Gasteiger partial charge on any atom is -0.494 e. The van der Waals surface area contributed by atoms with Crippen LogP contribution in [0.4, 0.5) is 0 Å². The molecule has 110 valence electrons. The van der Waals surface area contributed by atoms with Crippen molar-refractivity contribution in [3.8, 4) is 5.75 Å². The van der Waals surface area contributed by atoms with Gasteiger partial charge < -0.3 is 4.74 Å². The summed E-state index contributed by atoms with van der Waals surface area (Å²) in [5.74, 6) is 2.40. The van der Waals surface area contributed by atoms with Crippen molar-refractivity contribution in [2.75, 3.05) is 26.2 Å². The number of hydrogen-bond donors (Lipinski definition) is 0. The van der Waals surface area contributed by atoms with E-state index in [-0.39, 0.29) is 5.78 Å². The van der Waals surface area contributed by atoms with Gasteiger partial charge >= 0.3 is 0 Å². The highest BCUT2D eigenvalue weighted by molar-refractivity contribution is 5.97. The highest BCUT2D eigenvalue weighted by atomic mass is 16.5. The predicted octanol–water partition coefficient (Wildman–Crippen LogP) is 3.25. The molecule has 1 aliphatic heterocycles. The van der Waals surface area contributed by atoms with E-state index < -0.39 is 0 Å². The van der Waals surface area contributed by atoms with Gasteiger partial charge in [-0.3, -0.25) is 9.69 Å². The molecule has 0 bridgehead atoms. The molecular weight excluding hydrogens is 250 g/mol. The van der Waals surface area contributed by atoms with Crippen LogP contribution in [0.15, 0.2) is 24.3 Å². The van der Waals surface area contributed by atoms with Crippen molar-refractivity contribution < 1.29 is 9.53 Å². The monoisotopic (exact) mass is 275 g/mol. The first-order chi connectivity index (χ1) is 9.58. The summed E-state index contributed by atoms with van der Waals surface area (Å²) in [4.78, 5) is 14.6. The van der Waals surface area contributed by atoms with Gasteiger partial charge in [0.2, 0.25) is 0 Å². The number of ether oxygens (including phenoxy) is 1. The molecule has 1 aromatic rings. The number of hydrogen-bond acceptors (Lipinski definition) is 3. The molecule has 20 heavy (non-hydrogen) atoms. The number of rotatable bonds is 5. The van der Waals surface area contributed by atoms with Crippen LogP contribution in [0.5, 0.6) is 5.75 Å². The largest absolute Gasteiger partial charge is 0.494 e. The Morgan fingerprint density at radius 3 is 2.35 bits per heavy atom. The fourth-order valence-corrected chi connectivity index (χ4v) is 3.12. The maximum Gasteiger partial charge on any atom is 0.176 e. The lowest BCUT2D eigenvalue weighted by molar-refractivity contribution is 0.0849. The Bertz CT molecular complexity index is 431. The van der Waals surface area contributed by atoms with Crippen molar-refractivity contribution in [2.45, 2.75) is 27.2 Å². The minimum absolute atomic E-state index is 0.203. The van der Waals surface area contributed by atoms with E-state index in [1.165, 1.54) is 6.42 Å². The zero-order chi connectivity index (χ0) is 14.5. The number of nitrogens with zero attached hydrogens (tertiary/aromatic N) is 1. The molecule has 1 saturated heterocycles. The molecule has 1 aliphatic rings. The van der Waals surface area contributed by atoms with Crippen LogP contribution >= 0.6 is 0 Å². The van der Waals surface area contributed by atoms with Gasteiger partial charge in [0, 0.05) is 18.7 Å². The number of carbonyl (C=O) groups is 1. The van der Waals surface area contributed by atoms with Gasteiger partial charge in [-0.15, -0.1) is 0 Å². The van der Waals surface area contributed by atoms with Crippen LogP contribution in [0.2, 0.25) is 0 Å². The Kier molecular flexibility index (Phi) is 5.18. The summed E-state index contributed by atoms with van der Waals surface area (Å²) in [6.07, 6.45) is 1.27. The first-order valence-corrected chi connectivity index (χ1v) is 7.57. The van der Waals surface area contributed by atoms with Crippen LogP contribution in [0.1, 0.15) is 37.6 Å². The van der Waals surface area contributed by atoms with Gasteiger partial charge in [-0.25, -0.2) is 0 Å². The Morgan fingerprint density at radius 2 is 1.80 bits per heavy atom. The molecule has 0 aliphatic carbocycles. The molecule has 0 aromatic heterocycles. The molecule has 3 heteroatoms. The minimum atomic E-state index is 0.203. The Hall–Kier alpha value is -1.35. The van der Waals surface area contributed by atoms with E-state index in [0.29, 0.717) is 25.0 Å². The molecule has 1 aromatic carbocycles. The van der Waals surface area contributed by atoms with Gasteiger partial charge in [-0.05, 0) is 49.4 Å². The molecule has 3 nitrogen and oxygen atoms in total. The van der Waals surface area contributed by atoms with Crippen molar-refractivity contribution in [2.24, 2.45) is 11.8 Å². The van der Waals surface area contributed by atoms with Crippen molar-refractivity contribution >= 4 is 5.78 Å². The second-order valence-electron chi connectivity index (χ2n) is 6.02. The van der Waals surface area contributed by atoms with Gasteiger partial charge in [-0.2, -0.15) is 0 Å². The van der Waals surface area contributed by atoms with Crippen LogP contribution < -0.4 is 4.74 Å². The van der Waals surface area contributed by atoms with Gasteiger partial charge in [0.1, 0.15) is 5.75 Å². The molecule has 1 heterocycles. The first kappa shape index (κ1) is 15.0. The summed E-state index contributed by atoms with van der Waals surface area (Å²) in [5.41, 5.74) is 0.777.